The average Bonchev–Trinajstić information content (AvgIpc) is 3.32. The van der Waals surface area contributed by atoms with Crippen molar-refractivity contribution in [2.45, 2.75) is 270 Å². The number of nitrogens with zero attached hydrogens (tertiary/aromatic N) is 1. The van der Waals surface area contributed by atoms with Crippen LogP contribution in [0, 0.1) is 0 Å². The fraction of sp³-hybridized carbons (Fsp3) is 0.800. The van der Waals surface area contributed by atoms with Gasteiger partial charge >= 0.3 is 5.97 Å². The number of carbonyl (C=O) groups excluding carboxylic acids is 2. The molecular weight excluding hydrogens is 892 g/mol. The van der Waals surface area contributed by atoms with Crippen LogP contribution in [0.2, 0.25) is 0 Å². The van der Waals surface area contributed by atoms with Crippen LogP contribution in [0.15, 0.2) is 60.8 Å². The van der Waals surface area contributed by atoms with Gasteiger partial charge in [-0.2, -0.15) is 0 Å². The van der Waals surface area contributed by atoms with E-state index in [1.807, 2.05) is 33.3 Å². The van der Waals surface area contributed by atoms with Crippen LogP contribution in [0.25, 0.3) is 0 Å². The molecule has 0 rings (SSSR count). The number of hydrogen-bond donors (Lipinski definition) is 1. The molecule has 10 heteroatoms. The van der Waals surface area contributed by atoms with E-state index in [2.05, 4.69) is 74.7 Å². The second kappa shape index (κ2) is 50.3. The van der Waals surface area contributed by atoms with Gasteiger partial charge in [0.2, 0.25) is 5.91 Å². The predicted molar refractivity (Wildman–Crippen MR) is 298 cm³/mol. The van der Waals surface area contributed by atoms with Crippen LogP contribution in [0.4, 0.5) is 0 Å². The van der Waals surface area contributed by atoms with Gasteiger partial charge in [-0.05, 0) is 89.5 Å². The van der Waals surface area contributed by atoms with Crippen LogP contribution in [-0.4, -0.2) is 69.4 Å². The number of allylic oxidation sites excluding steroid dienone is 9. The van der Waals surface area contributed by atoms with Gasteiger partial charge in [0.15, 0.2) is 0 Å². The van der Waals surface area contributed by atoms with Crippen molar-refractivity contribution in [1.82, 2.24) is 5.32 Å². The zero-order chi connectivity index (χ0) is 51.5. The number of quaternary nitrogens is 1. The lowest BCUT2D eigenvalue weighted by Crippen LogP contribution is -2.47. The molecule has 0 spiro atoms. The molecule has 0 aliphatic heterocycles. The van der Waals surface area contributed by atoms with Crippen molar-refractivity contribution in [3.63, 3.8) is 0 Å². The smallest absolute Gasteiger partial charge is 0.306 e. The number of carbonyl (C=O) groups is 2. The number of phosphoric ester groups is 1. The Balaban J connectivity index is 5.36. The van der Waals surface area contributed by atoms with Crippen LogP contribution in [0.3, 0.4) is 0 Å². The minimum atomic E-state index is -4.70. The largest absolute Gasteiger partial charge is 0.756 e. The monoisotopic (exact) mass is 1000 g/mol. The Hall–Kier alpha value is -2.29. The molecule has 3 atom stereocenters. The Bertz CT molecular complexity index is 1390. The summed E-state index contributed by atoms with van der Waals surface area (Å²) in [5, 5.41) is 3.01. The molecule has 408 valence electrons. The van der Waals surface area contributed by atoms with E-state index in [1.165, 1.54) is 116 Å². The predicted octanol–water partition coefficient (Wildman–Crippen LogP) is 16.9. The Kier molecular flexibility index (Phi) is 48.6. The van der Waals surface area contributed by atoms with Crippen LogP contribution in [0.5, 0.6) is 0 Å². The Morgan fingerprint density at radius 1 is 0.514 bits per heavy atom. The number of rotatable bonds is 52. The van der Waals surface area contributed by atoms with Crippen molar-refractivity contribution < 1.29 is 37.3 Å². The fourth-order valence-electron chi connectivity index (χ4n) is 8.13. The molecule has 0 saturated carbocycles. The highest BCUT2D eigenvalue weighted by Gasteiger charge is 2.27. The summed E-state index contributed by atoms with van der Waals surface area (Å²) in [6, 6.07) is -0.897. The van der Waals surface area contributed by atoms with Gasteiger partial charge in [-0.3, -0.25) is 14.2 Å². The van der Waals surface area contributed by atoms with Gasteiger partial charge in [0.25, 0.3) is 7.82 Å². The highest BCUT2D eigenvalue weighted by Crippen LogP contribution is 2.38. The third-order valence-electron chi connectivity index (χ3n) is 12.7. The Morgan fingerprint density at radius 3 is 1.40 bits per heavy atom. The highest BCUT2D eigenvalue weighted by atomic mass is 31.2. The average molecular weight is 1000 g/mol. The van der Waals surface area contributed by atoms with E-state index < -0.39 is 26.6 Å². The third kappa shape index (κ3) is 50.6. The standard InChI is InChI=1S/C60H111N2O7P/c1-7-10-13-16-19-22-25-28-30-31-33-35-38-41-44-47-50-53-60(64)69-58(51-48-45-42-39-36-27-24-21-18-15-12-9-3)57(56-68-70(65,66)67-55-54-62(4,5)6)61-59(63)52-49-46-43-40-37-34-32-29-26-23-20-17-14-11-8-2/h19-20,22-23,26,28-30,48,51,57-58H,7-18,21,24-25,27,31-47,49-50,52-56H2,1-6H3,(H-,61,63,65,66)/b22-19-,23-20+,29-26+,30-28-,51-48+. The van der Waals surface area contributed by atoms with Crippen LogP contribution in [0.1, 0.15) is 258 Å². The fourth-order valence-corrected chi connectivity index (χ4v) is 8.85. The second-order valence-corrected chi connectivity index (χ2v) is 22.2. The van der Waals surface area contributed by atoms with Gasteiger partial charge in [0, 0.05) is 12.8 Å². The first-order chi connectivity index (χ1) is 33.9. The van der Waals surface area contributed by atoms with Gasteiger partial charge in [0.1, 0.15) is 19.3 Å². The summed E-state index contributed by atoms with van der Waals surface area (Å²) in [5.74, 6) is -0.562. The number of phosphoric acid groups is 1. The molecule has 0 heterocycles. The molecule has 1 amide bonds. The number of likely N-dealkylation sites (N-methyl/N-ethyl adjacent to an activating group) is 1. The molecule has 0 bridgehead atoms. The maximum Gasteiger partial charge on any atom is 0.306 e. The summed E-state index contributed by atoms with van der Waals surface area (Å²) in [5.41, 5.74) is 0. The molecule has 1 N–H and O–H groups in total. The van der Waals surface area contributed by atoms with E-state index in [0.717, 1.165) is 109 Å². The lowest BCUT2D eigenvalue weighted by molar-refractivity contribution is -0.870. The summed E-state index contributed by atoms with van der Waals surface area (Å²) < 4.78 is 30.2. The van der Waals surface area contributed by atoms with Gasteiger partial charge < -0.3 is 28.5 Å². The first-order valence-electron chi connectivity index (χ1n) is 29.1. The molecule has 0 fully saturated rings. The van der Waals surface area contributed by atoms with E-state index in [9.17, 15) is 19.0 Å². The topological polar surface area (TPSA) is 114 Å². The molecule has 0 aromatic carbocycles. The first-order valence-corrected chi connectivity index (χ1v) is 30.6. The van der Waals surface area contributed by atoms with Gasteiger partial charge in [-0.25, -0.2) is 0 Å². The molecule has 70 heavy (non-hydrogen) atoms. The maximum atomic E-state index is 13.5. The van der Waals surface area contributed by atoms with E-state index in [-0.39, 0.29) is 24.9 Å². The molecular formula is C60H111N2O7P. The van der Waals surface area contributed by atoms with E-state index >= 15 is 0 Å². The first kappa shape index (κ1) is 67.7. The number of unbranched alkanes of at least 4 members (excludes halogenated alkanes) is 29. The molecule has 0 saturated heterocycles. The van der Waals surface area contributed by atoms with Crippen LogP contribution in [-0.2, 0) is 27.9 Å². The lowest BCUT2D eigenvalue weighted by atomic mass is 10.0. The van der Waals surface area contributed by atoms with Crippen LogP contribution < -0.4 is 10.2 Å². The number of hydrogen-bond acceptors (Lipinski definition) is 7. The van der Waals surface area contributed by atoms with E-state index in [4.69, 9.17) is 13.8 Å². The molecule has 0 aromatic rings. The quantitative estimate of drug-likeness (QED) is 0.0161. The summed E-state index contributed by atoms with van der Waals surface area (Å²) in [4.78, 5) is 39.9. The second-order valence-electron chi connectivity index (χ2n) is 20.8. The molecule has 9 nitrogen and oxygen atoms in total. The van der Waals surface area contributed by atoms with Crippen molar-refractivity contribution in [2.24, 2.45) is 0 Å². The normalized spacial score (nSPS) is 14.2. The maximum absolute atomic E-state index is 13.5. The summed E-state index contributed by atoms with van der Waals surface area (Å²) in [6.07, 6.45) is 61.7. The summed E-state index contributed by atoms with van der Waals surface area (Å²) in [7, 11) is 1.17. The van der Waals surface area contributed by atoms with Crippen molar-refractivity contribution in [1.29, 1.82) is 0 Å². The SMILES string of the molecule is CCCCC/C=C\C/C=C\CCCCCCCCCC(=O)OC(/C=C/CCCCCCCCCCCC)C(COP(=O)([O-])OCC[N+](C)(C)C)NC(=O)CCCCCCCC/C=C/C=C/CCCCC. The van der Waals surface area contributed by atoms with Crippen molar-refractivity contribution in [3.05, 3.63) is 60.8 Å². The zero-order valence-electron chi connectivity index (χ0n) is 46.5. The summed E-state index contributed by atoms with van der Waals surface area (Å²) >= 11 is 0. The molecule has 0 aliphatic carbocycles. The van der Waals surface area contributed by atoms with Crippen molar-refractivity contribution in [3.8, 4) is 0 Å². The number of esters is 1. The Morgan fingerprint density at radius 2 is 0.914 bits per heavy atom. The lowest BCUT2D eigenvalue weighted by Gasteiger charge is -2.30. The molecule has 0 aromatic heterocycles. The molecule has 3 unspecified atom stereocenters. The minimum absolute atomic E-state index is 0.0274. The van der Waals surface area contributed by atoms with Crippen molar-refractivity contribution in [2.75, 3.05) is 40.9 Å². The van der Waals surface area contributed by atoms with Crippen molar-refractivity contribution >= 4 is 19.7 Å². The third-order valence-corrected chi connectivity index (χ3v) is 13.7. The van der Waals surface area contributed by atoms with Gasteiger partial charge in [0.05, 0.1) is 33.8 Å². The number of nitrogens with one attached hydrogen (secondary N) is 1. The Labute approximate surface area is 432 Å². The molecule has 0 radical (unpaired) electrons. The number of ether oxygens (including phenoxy) is 1. The van der Waals surface area contributed by atoms with Gasteiger partial charge in [-0.15, -0.1) is 0 Å². The van der Waals surface area contributed by atoms with E-state index in [1.54, 1.807) is 0 Å². The summed E-state index contributed by atoms with van der Waals surface area (Å²) in [6.45, 7) is 6.77. The number of amides is 1. The highest BCUT2D eigenvalue weighted by molar-refractivity contribution is 7.45. The van der Waals surface area contributed by atoms with Gasteiger partial charge in [-0.1, -0.05) is 217 Å². The van der Waals surface area contributed by atoms with E-state index in [0.29, 0.717) is 17.4 Å². The zero-order valence-corrected chi connectivity index (χ0v) is 47.4. The molecule has 0 aliphatic rings. The van der Waals surface area contributed by atoms with Crippen LogP contribution >= 0.6 is 7.82 Å². The minimum Gasteiger partial charge on any atom is -0.756 e.